The van der Waals surface area contributed by atoms with Gasteiger partial charge in [0.15, 0.2) is 5.25 Å². The molecule has 0 radical (unpaired) electrons. The molecule has 0 aromatic heterocycles. The minimum atomic E-state index is -3.71. The number of carbonyl (C=O) groups excluding carboxylic acids is 1. The van der Waals surface area contributed by atoms with Crippen LogP contribution in [0, 0.1) is 0 Å². The number of methoxy groups -OCH3 is 1. The summed E-state index contributed by atoms with van der Waals surface area (Å²) in [5.41, 5.74) is 5.64. The lowest BCUT2D eigenvalue weighted by Gasteiger charge is -2.39. The van der Waals surface area contributed by atoms with E-state index in [1.54, 1.807) is 0 Å². The van der Waals surface area contributed by atoms with Gasteiger partial charge >= 0.3 is 5.97 Å². The first kappa shape index (κ1) is 15.4. The topological polar surface area (TPSA) is 89.7 Å². The van der Waals surface area contributed by atoms with Crippen LogP contribution < -0.4 is 5.73 Å². The van der Waals surface area contributed by atoms with Crippen molar-refractivity contribution in [2.75, 3.05) is 13.7 Å². The molecule has 0 aliphatic carbocycles. The smallest absolute Gasteiger partial charge is 0.325 e. The molecule has 0 amide bonds. The number of nitrogens with zero attached hydrogens (tertiary/aromatic N) is 1. The zero-order valence-corrected chi connectivity index (χ0v) is 11.9. The molecule has 0 saturated carbocycles. The van der Waals surface area contributed by atoms with E-state index in [1.807, 2.05) is 6.92 Å². The summed E-state index contributed by atoms with van der Waals surface area (Å²) in [4.78, 5) is 11.4. The molecule has 1 fully saturated rings. The van der Waals surface area contributed by atoms with Gasteiger partial charge in [0, 0.05) is 18.6 Å². The SMILES string of the molecule is COC(=O)C(C)S(=O)(=O)N1C(C)CCCC1CN. The van der Waals surface area contributed by atoms with E-state index in [4.69, 9.17) is 5.73 Å². The summed E-state index contributed by atoms with van der Waals surface area (Å²) in [5.74, 6) is -0.733. The van der Waals surface area contributed by atoms with Gasteiger partial charge in [-0.3, -0.25) is 4.79 Å². The highest BCUT2D eigenvalue weighted by Gasteiger charge is 2.42. The maximum atomic E-state index is 12.4. The van der Waals surface area contributed by atoms with Gasteiger partial charge in [0.2, 0.25) is 10.0 Å². The molecule has 0 aromatic rings. The highest BCUT2D eigenvalue weighted by atomic mass is 32.2. The van der Waals surface area contributed by atoms with Gasteiger partial charge < -0.3 is 10.5 Å². The third kappa shape index (κ3) is 2.84. The Balaban J connectivity index is 3.03. The molecule has 1 rings (SSSR count). The van der Waals surface area contributed by atoms with Crippen molar-refractivity contribution in [3.63, 3.8) is 0 Å². The van der Waals surface area contributed by atoms with E-state index in [2.05, 4.69) is 4.74 Å². The van der Waals surface area contributed by atoms with Crippen LogP contribution in [0.3, 0.4) is 0 Å². The van der Waals surface area contributed by atoms with Crippen molar-refractivity contribution in [1.82, 2.24) is 4.31 Å². The van der Waals surface area contributed by atoms with Gasteiger partial charge in [-0.05, 0) is 26.7 Å². The summed E-state index contributed by atoms with van der Waals surface area (Å²) in [6.07, 6.45) is 2.50. The molecule has 18 heavy (non-hydrogen) atoms. The van der Waals surface area contributed by atoms with Crippen LogP contribution in [0.15, 0.2) is 0 Å². The summed E-state index contributed by atoms with van der Waals surface area (Å²) in [6.45, 7) is 3.48. The van der Waals surface area contributed by atoms with Crippen molar-refractivity contribution in [3.05, 3.63) is 0 Å². The average molecular weight is 278 g/mol. The average Bonchev–Trinajstić information content (AvgIpc) is 2.35. The lowest BCUT2D eigenvalue weighted by molar-refractivity contribution is -0.139. The minimum absolute atomic E-state index is 0.121. The Labute approximate surface area is 109 Å². The number of hydrogen-bond acceptors (Lipinski definition) is 5. The summed E-state index contributed by atoms with van der Waals surface area (Å²) >= 11 is 0. The lowest BCUT2D eigenvalue weighted by atomic mass is 10.00. The number of sulfonamides is 1. The number of nitrogens with two attached hydrogens (primary N) is 1. The lowest BCUT2D eigenvalue weighted by Crippen LogP contribution is -2.55. The monoisotopic (exact) mass is 278 g/mol. The summed E-state index contributed by atoms with van der Waals surface area (Å²) in [5, 5.41) is -1.18. The number of rotatable bonds is 4. The Bertz CT molecular complexity index is 396. The number of ether oxygens (including phenoxy) is 1. The zero-order valence-electron chi connectivity index (χ0n) is 11.1. The number of esters is 1. The Kier molecular flexibility index (Phi) is 5.12. The first-order valence-corrected chi connectivity index (χ1v) is 7.66. The molecule has 1 aliphatic rings. The van der Waals surface area contributed by atoms with Crippen LogP contribution in [-0.4, -0.2) is 49.7 Å². The van der Waals surface area contributed by atoms with Crippen LogP contribution in [0.2, 0.25) is 0 Å². The maximum Gasteiger partial charge on any atom is 0.325 e. The van der Waals surface area contributed by atoms with Crippen molar-refractivity contribution in [1.29, 1.82) is 0 Å². The Morgan fingerprint density at radius 3 is 2.61 bits per heavy atom. The second-order valence-corrected chi connectivity index (χ2v) is 6.87. The molecule has 106 valence electrons. The number of hydrogen-bond donors (Lipinski definition) is 1. The molecular formula is C11H22N2O4S. The largest absolute Gasteiger partial charge is 0.468 e. The molecule has 3 unspecified atom stereocenters. The molecule has 0 spiro atoms. The first-order valence-electron chi connectivity index (χ1n) is 6.16. The van der Waals surface area contributed by atoms with E-state index in [0.717, 1.165) is 19.3 Å². The van der Waals surface area contributed by atoms with Gasteiger partial charge in [-0.25, -0.2) is 8.42 Å². The Hall–Kier alpha value is -0.660. The third-order valence-electron chi connectivity index (χ3n) is 3.50. The van der Waals surface area contributed by atoms with Crippen LogP contribution in [0.5, 0.6) is 0 Å². The van der Waals surface area contributed by atoms with E-state index >= 15 is 0 Å². The van der Waals surface area contributed by atoms with Crippen LogP contribution in [0.4, 0.5) is 0 Å². The molecule has 1 aliphatic heterocycles. The summed E-state index contributed by atoms with van der Waals surface area (Å²) in [7, 11) is -2.52. The maximum absolute atomic E-state index is 12.4. The minimum Gasteiger partial charge on any atom is -0.468 e. The van der Waals surface area contributed by atoms with Crippen LogP contribution in [0.25, 0.3) is 0 Å². The molecule has 0 aromatic carbocycles. The Morgan fingerprint density at radius 1 is 1.50 bits per heavy atom. The zero-order chi connectivity index (χ0) is 13.9. The molecular weight excluding hydrogens is 256 g/mol. The highest BCUT2D eigenvalue weighted by molar-refractivity contribution is 7.90. The molecule has 7 heteroatoms. The van der Waals surface area contributed by atoms with Gasteiger partial charge in [0.1, 0.15) is 0 Å². The third-order valence-corrected chi connectivity index (χ3v) is 5.83. The predicted molar refractivity (Wildman–Crippen MR) is 68.4 cm³/mol. The molecule has 0 bridgehead atoms. The molecule has 1 saturated heterocycles. The van der Waals surface area contributed by atoms with Crippen molar-refractivity contribution < 1.29 is 17.9 Å². The molecule has 6 nitrogen and oxygen atoms in total. The molecule has 2 N–H and O–H groups in total. The van der Waals surface area contributed by atoms with E-state index in [1.165, 1.54) is 18.3 Å². The fraction of sp³-hybridized carbons (Fsp3) is 0.909. The molecule has 3 atom stereocenters. The summed E-state index contributed by atoms with van der Waals surface area (Å²) < 4.78 is 30.8. The van der Waals surface area contributed by atoms with E-state index in [-0.39, 0.29) is 18.6 Å². The van der Waals surface area contributed by atoms with Gasteiger partial charge in [0.05, 0.1) is 7.11 Å². The fourth-order valence-electron chi connectivity index (χ4n) is 2.41. The predicted octanol–water partition coefficient (Wildman–Crippen LogP) is 0.0794. The van der Waals surface area contributed by atoms with E-state index < -0.39 is 21.2 Å². The van der Waals surface area contributed by atoms with E-state index in [9.17, 15) is 13.2 Å². The van der Waals surface area contributed by atoms with Crippen LogP contribution >= 0.6 is 0 Å². The van der Waals surface area contributed by atoms with Crippen LogP contribution in [-0.2, 0) is 19.6 Å². The van der Waals surface area contributed by atoms with Crippen molar-refractivity contribution >= 4 is 16.0 Å². The standard InChI is InChI=1S/C11H22N2O4S/c1-8-5-4-6-10(7-12)13(8)18(15,16)9(2)11(14)17-3/h8-10H,4-7,12H2,1-3H3. The van der Waals surface area contributed by atoms with E-state index in [0.29, 0.717) is 0 Å². The number of piperidine rings is 1. The van der Waals surface area contributed by atoms with Crippen molar-refractivity contribution in [2.45, 2.75) is 50.4 Å². The summed E-state index contributed by atoms with van der Waals surface area (Å²) in [6, 6.07) is -0.338. The number of carbonyl (C=O) groups is 1. The Morgan fingerprint density at radius 2 is 2.11 bits per heavy atom. The highest BCUT2D eigenvalue weighted by Crippen LogP contribution is 2.27. The fourth-order valence-corrected chi connectivity index (χ4v) is 4.33. The van der Waals surface area contributed by atoms with Crippen molar-refractivity contribution in [3.8, 4) is 0 Å². The van der Waals surface area contributed by atoms with Crippen LogP contribution in [0.1, 0.15) is 33.1 Å². The molecule has 1 heterocycles. The van der Waals surface area contributed by atoms with Gasteiger partial charge in [0.25, 0.3) is 0 Å². The van der Waals surface area contributed by atoms with Gasteiger partial charge in [-0.15, -0.1) is 0 Å². The van der Waals surface area contributed by atoms with Crippen molar-refractivity contribution in [2.24, 2.45) is 5.73 Å². The van der Waals surface area contributed by atoms with Gasteiger partial charge in [-0.1, -0.05) is 6.42 Å². The normalized spacial score (nSPS) is 27.8. The quantitative estimate of drug-likeness (QED) is 0.736. The first-order chi connectivity index (χ1) is 8.36. The van der Waals surface area contributed by atoms with Gasteiger partial charge in [-0.2, -0.15) is 4.31 Å². The second-order valence-electron chi connectivity index (χ2n) is 4.71. The second kappa shape index (κ2) is 5.99.